The molecule has 0 N–H and O–H groups in total. The van der Waals surface area contributed by atoms with E-state index >= 15 is 0 Å². The summed E-state index contributed by atoms with van der Waals surface area (Å²) in [5, 5.41) is 0. The van der Waals surface area contributed by atoms with Gasteiger partial charge in [0.25, 0.3) is 0 Å². The Kier molecular flexibility index (Phi) is 7.29. The van der Waals surface area contributed by atoms with Crippen molar-refractivity contribution in [3.8, 4) is 5.75 Å². The molecule has 1 heterocycles. The van der Waals surface area contributed by atoms with Crippen LogP contribution in [0.2, 0.25) is 0 Å². The molecule has 0 bridgehead atoms. The fraction of sp³-hybridized carbons (Fsp3) is 0.529. The summed E-state index contributed by atoms with van der Waals surface area (Å²) in [6.07, 6.45) is 2.72. The van der Waals surface area contributed by atoms with Gasteiger partial charge in [0, 0.05) is 19.6 Å². The van der Waals surface area contributed by atoms with Crippen LogP contribution in [0.3, 0.4) is 0 Å². The van der Waals surface area contributed by atoms with Crippen LogP contribution in [0.15, 0.2) is 36.9 Å². The molecule has 21 heavy (non-hydrogen) atoms. The Balaban J connectivity index is 1.58. The maximum atomic E-state index is 5.78. The molecule has 1 aliphatic heterocycles. The second-order valence-corrected chi connectivity index (χ2v) is 5.02. The molecule has 0 atom stereocenters. The first-order valence-corrected chi connectivity index (χ1v) is 7.59. The second-order valence-electron chi connectivity index (χ2n) is 5.02. The summed E-state index contributed by atoms with van der Waals surface area (Å²) in [5.41, 5.74) is 1.17. The van der Waals surface area contributed by atoms with Crippen LogP contribution in [0.1, 0.15) is 5.56 Å². The lowest BCUT2D eigenvalue weighted by atomic mass is 10.1. The topological polar surface area (TPSA) is 30.9 Å². The molecule has 4 nitrogen and oxygen atoms in total. The Bertz CT molecular complexity index is 416. The van der Waals surface area contributed by atoms with Crippen LogP contribution in [-0.2, 0) is 15.9 Å². The number of hydrogen-bond acceptors (Lipinski definition) is 4. The van der Waals surface area contributed by atoms with E-state index in [9.17, 15) is 0 Å². The molecule has 0 unspecified atom stereocenters. The van der Waals surface area contributed by atoms with Crippen molar-refractivity contribution in [2.24, 2.45) is 0 Å². The zero-order valence-electron chi connectivity index (χ0n) is 12.6. The summed E-state index contributed by atoms with van der Waals surface area (Å²) in [5.74, 6) is 0.925. The van der Waals surface area contributed by atoms with Crippen LogP contribution < -0.4 is 4.74 Å². The summed E-state index contributed by atoms with van der Waals surface area (Å²) in [6.45, 7) is 10.4. The van der Waals surface area contributed by atoms with E-state index in [-0.39, 0.29) is 0 Å². The average molecular weight is 291 g/mol. The molecule has 0 saturated carbocycles. The minimum absolute atomic E-state index is 0.581. The molecule has 2 rings (SSSR count). The molecule has 0 radical (unpaired) electrons. The van der Waals surface area contributed by atoms with Crippen molar-refractivity contribution in [3.63, 3.8) is 0 Å². The summed E-state index contributed by atoms with van der Waals surface area (Å²) < 4.78 is 16.7. The van der Waals surface area contributed by atoms with Crippen molar-refractivity contribution in [1.82, 2.24) is 4.90 Å². The third-order valence-electron chi connectivity index (χ3n) is 3.48. The van der Waals surface area contributed by atoms with Crippen molar-refractivity contribution in [3.05, 3.63) is 42.5 Å². The Labute approximate surface area is 127 Å². The van der Waals surface area contributed by atoms with E-state index in [2.05, 4.69) is 17.5 Å². The summed E-state index contributed by atoms with van der Waals surface area (Å²) in [4.78, 5) is 2.36. The molecular formula is C17H25NO3. The van der Waals surface area contributed by atoms with Gasteiger partial charge in [0.1, 0.15) is 12.4 Å². The number of morpholine rings is 1. The van der Waals surface area contributed by atoms with E-state index in [1.54, 1.807) is 0 Å². The molecule has 4 heteroatoms. The minimum atomic E-state index is 0.581. The lowest BCUT2D eigenvalue weighted by Gasteiger charge is -2.26. The quantitative estimate of drug-likeness (QED) is 0.515. The molecule has 1 aromatic carbocycles. The fourth-order valence-corrected chi connectivity index (χ4v) is 2.30. The van der Waals surface area contributed by atoms with Gasteiger partial charge in [-0.3, -0.25) is 4.90 Å². The monoisotopic (exact) mass is 291 g/mol. The fourth-order valence-electron chi connectivity index (χ4n) is 2.30. The van der Waals surface area contributed by atoms with Crippen molar-refractivity contribution < 1.29 is 14.2 Å². The standard InChI is InChI=1S/C17H25NO3/c1-2-5-16-6-3-4-7-17(16)21-15-14-20-13-10-18-8-11-19-12-9-18/h2-4,6-7H,1,5,8-15H2. The van der Waals surface area contributed by atoms with E-state index < -0.39 is 0 Å². The summed E-state index contributed by atoms with van der Waals surface area (Å²) >= 11 is 0. The van der Waals surface area contributed by atoms with Crippen molar-refractivity contribution in [1.29, 1.82) is 0 Å². The molecule has 0 spiro atoms. The van der Waals surface area contributed by atoms with E-state index in [1.165, 1.54) is 5.56 Å². The van der Waals surface area contributed by atoms with Crippen LogP contribution in [0, 0.1) is 0 Å². The Morgan fingerprint density at radius 1 is 1.14 bits per heavy atom. The molecule has 0 aliphatic carbocycles. The van der Waals surface area contributed by atoms with Crippen molar-refractivity contribution in [2.45, 2.75) is 6.42 Å². The first kappa shape index (κ1) is 16.0. The van der Waals surface area contributed by atoms with Gasteiger partial charge in [0.15, 0.2) is 0 Å². The van der Waals surface area contributed by atoms with Gasteiger partial charge in [0.05, 0.1) is 26.4 Å². The van der Waals surface area contributed by atoms with Crippen LogP contribution in [0.5, 0.6) is 5.75 Å². The van der Waals surface area contributed by atoms with Crippen LogP contribution >= 0.6 is 0 Å². The first-order valence-electron chi connectivity index (χ1n) is 7.59. The number of ether oxygens (including phenoxy) is 3. The lowest BCUT2D eigenvalue weighted by molar-refractivity contribution is 0.0170. The van der Waals surface area contributed by atoms with Crippen molar-refractivity contribution in [2.75, 3.05) is 52.7 Å². The SMILES string of the molecule is C=CCc1ccccc1OCCOCCN1CCOCC1. The normalized spacial score (nSPS) is 15.8. The molecule has 1 aromatic rings. The zero-order chi connectivity index (χ0) is 14.8. The Morgan fingerprint density at radius 3 is 2.76 bits per heavy atom. The molecule has 1 saturated heterocycles. The Morgan fingerprint density at radius 2 is 1.95 bits per heavy atom. The molecule has 116 valence electrons. The number of rotatable bonds is 9. The highest BCUT2D eigenvalue weighted by Crippen LogP contribution is 2.18. The van der Waals surface area contributed by atoms with Gasteiger partial charge < -0.3 is 14.2 Å². The third kappa shape index (κ3) is 5.87. The van der Waals surface area contributed by atoms with Gasteiger partial charge in [-0.2, -0.15) is 0 Å². The number of allylic oxidation sites excluding steroid dienone is 1. The smallest absolute Gasteiger partial charge is 0.122 e. The number of nitrogens with zero attached hydrogens (tertiary/aromatic N) is 1. The third-order valence-corrected chi connectivity index (χ3v) is 3.48. The zero-order valence-corrected chi connectivity index (χ0v) is 12.6. The largest absolute Gasteiger partial charge is 0.491 e. The maximum Gasteiger partial charge on any atom is 0.122 e. The summed E-state index contributed by atoms with van der Waals surface area (Å²) in [6, 6.07) is 8.06. The lowest BCUT2D eigenvalue weighted by Crippen LogP contribution is -2.38. The maximum absolute atomic E-state index is 5.78. The van der Waals surface area contributed by atoms with E-state index in [0.29, 0.717) is 13.2 Å². The van der Waals surface area contributed by atoms with Gasteiger partial charge in [-0.05, 0) is 18.1 Å². The van der Waals surface area contributed by atoms with E-state index in [0.717, 1.165) is 51.6 Å². The highest BCUT2D eigenvalue weighted by atomic mass is 16.5. The number of benzene rings is 1. The van der Waals surface area contributed by atoms with E-state index in [1.807, 2.05) is 24.3 Å². The molecule has 0 amide bonds. The molecule has 1 fully saturated rings. The van der Waals surface area contributed by atoms with Gasteiger partial charge in [-0.15, -0.1) is 6.58 Å². The molecular weight excluding hydrogens is 266 g/mol. The predicted molar refractivity (Wildman–Crippen MR) is 83.9 cm³/mol. The highest BCUT2D eigenvalue weighted by molar-refractivity contribution is 5.34. The van der Waals surface area contributed by atoms with Gasteiger partial charge in [0.2, 0.25) is 0 Å². The molecule has 1 aliphatic rings. The van der Waals surface area contributed by atoms with Gasteiger partial charge >= 0.3 is 0 Å². The molecule has 0 aromatic heterocycles. The first-order chi connectivity index (χ1) is 10.4. The Hall–Kier alpha value is -1.36. The van der Waals surface area contributed by atoms with Crippen LogP contribution in [-0.4, -0.2) is 57.6 Å². The number of para-hydroxylation sites is 1. The second kappa shape index (κ2) is 9.55. The number of hydrogen-bond donors (Lipinski definition) is 0. The predicted octanol–water partition coefficient (Wildman–Crippen LogP) is 2.14. The van der Waals surface area contributed by atoms with Gasteiger partial charge in [-0.25, -0.2) is 0 Å². The highest BCUT2D eigenvalue weighted by Gasteiger charge is 2.09. The van der Waals surface area contributed by atoms with E-state index in [4.69, 9.17) is 14.2 Å². The summed E-state index contributed by atoms with van der Waals surface area (Å²) in [7, 11) is 0. The van der Waals surface area contributed by atoms with Crippen LogP contribution in [0.25, 0.3) is 0 Å². The average Bonchev–Trinajstić information content (AvgIpc) is 2.53. The van der Waals surface area contributed by atoms with Crippen molar-refractivity contribution >= 4 is 0 Å². The van der Waals surface area contributed by atoms with Crippen LogP contribution in [0.4, 0.5) is 0 Å². The van der Waals surface area contributed by atoms with Gasteiger partial charge in [-0.1, -0.05) is 24.3 Å². The minimum Gasteiger partial charge on any atom is -0.491 e.